The molecule has 7 heteroatoms. The molecule has 2 atom stereocenters. The number of aliphatic carboxylic acids is 1. The molecule has 6 nitrogen and oxygen atoms in total. The van der Waals surface area contributed by atoms with Gasteiger partial charge in [0.15, 0.2) is 5.75 Å². The fraction of sp³-hybridized carbons (Fsp3) is 0.889. The summed E-state index contributed by atoms with van der Waals surface area (Å²) in [7, 11) is -1.72. The van der Waals surface area contributed by atoms with Gasteiger partial charge in [-0.05, 0) is 20.9 Å². The third-order valence-corrected chi connectivity index (χ3v) is 4.72. The van der Waals surface area contributed by atoms with Gasteiger partial charge in [-0.2, -0.15) is 4.31 Å². The average molecular weight is 250 g/mol. The van der Waals surface area contributed by atoms with Gasteiger partial charge < -0.3 is 5.11 Å². The topological polar surface area (TPSA) is 77.9 Å². The van der Waals surface area contributed by atoms with Crippen LogP contribution in [0.15, 0.2) is 0 Å². The van der Waals surface area contributed by atoms with Crippen molar-refractivity contribution in [2.24, 2.45) is 0 Å². The summed E-state index contributed by atoms with van der Waals surface area (Å²) in [5, 5.41) is 8.55. The Balaban J connectivity index is 2.79. The van der Waals surface area contributed by atoms with Crippen molar-refractivity contribution in [3.63, 3.8) is 0 Å². The lowest BCUT2D eigenvalue weighted by atomic mass is 10.1. The molecule has 0 radical (unpaired) electrons. The SMILES string of the molecule is CC1CN(S(=O)(=O)CC(=O)O)CC(C)N1C. The van der Waals surface area contributed by atoms with Gasteiger partial charge in [0.1, 0.15) is 0 Å². The van der Waals surface area contributed by atoms with Crippen LogP contribution in [0.3, 0.4) is 0 Å². The number of piperazine rings is 1. The molecule has 94 valence electrons. The van der Waals surface area contributed by atoms with E-state index in [0.29, 0.717) is 13.1 Å². The molecule has 0 aliphatic carbocycles. The van der Waals surface area contributed by atoms with E-state index in [2.05, 4.69) is 4.90 Å². The number of hydrogen-bond donors (Lipinski definition) is 1. The highest BCUT2D eigenvalue weighted by molar-refractivity contribution is 7.89. The van der Waals surface area contributed by atoms with E-state index in [-0.39, 0.29) is 12.1 Å². The molecule has 1 saturated heterocycles. The Kier molecular flexibility index (Phi) is 3.92. The van der Waals surface area contributed by atoms with Crippen molar-refractivity contribution < 1.29 is 18.3 Å². The number of carboxylic acid groups (broad SMARTS) is 1. The third-order valence-electron chi connectivity index (χ3n) is 3.03. The Morgan fingerprint density at radius 2 is 1.75 bits per heavy atom. The van der Waals surface area contributed by atoms with E-state index in [1.54, 1.807) is 0 Å². The summed E-state index contributed by atoms with van der Waals surface area (Å²) >= 11 is 0. The third kappa shape index (κ3) is 2.93. The maximum Gasteiger partial charge on any atom is 0.320 e. The number of sulfonamides is 1. The van der Waals surface area contributed by atoms with Crippen LogP contribution in [-0.2, 0) is 14.8 Å². The summed E-state index contributed by atoms with van der Waals surface area (Å²) in [6, 6.07) is 0.208. The molecule has 0 aromatic heterocycles. The molecule has 0 aromatic rings. The molecule has 0 aromatic carbocycles. The van der Waals surface area contributed by atoms with E-state index in [0.717, 1.165) is 0 Å². The van der Waals surface area contributed by atoms with Crippen LogP contribution < -0.4 is 0 Å². The zero-order valence-electron chi connectivity index (χ0n) is 9.75. The van der Waals surface area contributed by atoms with E-state index in [9.17, 15) is 13.2 Å². The molecule has 1 N–H and O–H groups in total. The second-order valence-corrected chi connectivity index (χ2v) is 6.30. The second-order valence-electron chi connectivity index (χ2n) is 4.33. The lowest BCUT2D eigenvalue weighted by molar-refractivity contribution is -0.134. The minimum Gasteiger partial charge on any atom is -0.480 e. The maximum absolute atomic E-state index is 11.7. The lowest BCUT2D eigenvalue weighted by Crippen LogP contribution is -2.57. The van der Waals surface area contributed by atoms with Crippen molar-refractivity contribution in [1.82, 2.24) is 9.21 Å². The van der Waals surface area contributed by atoms with Crippen LogP contribution >= 0.6 is 0 Å². The molecule has 1 heterocycles. The number of likely N-dealkylation sites (N-methyl/N-ethyl adjacent to an activating group) is 1. The van der Waals surface area contributed by atoms with Crippen LogP contribution in [-0.4, -0.2) is 66.7 Å². The normalized spacial score (nSPS) is 29.2. The molecular weight excluding hydrogens is 232 g/mol. The Morgan fingerprint density at radius 3 is 2.12 bits per heavy atom. The second kappa shape index (κ2) is 4.68. The first-order valence-corrected chi connectivity index (χ1v) is 6.76. The van der Waals surface area contributed by atoms with E-state index in [4.69, 9.17) is 5.11 Å². The van der Waals surface area contributed by atoms with Crippen molar-refractivity contribution in [3.8, 4) is 0 Å². The van der Waals surface area contributed by atoms with E-state index in [1.807, 2.05) is 20.9 Å². The molecule has 1 rings (SSSR count). The van der Waals surface area contributed by atoms with Crippen LogP contribution in [0.25, 0.3) is 0 Å². The minimum absolute atomic E-state index is 0.104. The van der Waals surface area contributed by atoms with Gasteiger partial charge in [0, 0.05) is 25.2 Å². The van der Waals surface area contributed by atoms with Crippen molar-refractivity contribution in [2.75, 3.05) is 25.9 Å². The molecule has 0 bridgehead atoms. The fourth-order valence-electron chi connectivity index (χ4n) is 1.83. The molecular formula is C9H18N2O4S. The predicted molar refractivity (Wildman–Crippen MR) is 59.7 cm³/mol. The first-order chi connectivity index (χ1) is 7.24. The first kappa shape index (κ1) is 13.4. The molecule has 16 heavy (non-hydrogen) atoms. The minimum atomic E-state index is -3.66. The van der Waals surface area contributed by atoms with Gasteiger partial charge in [0.25, 0.3) is 0 Å². The molecule has 1 aliphatic rings. The van der Waals surface area contributed by atoms with Crippen LogP contribution in [0.4, 0.5) is 0 Å². The maximum atomic E-state index is 11.7. The van der Waals surface area contributed by atoms with Crippen LogP contribution in [0.5, 0.6) is 0 Å². The molecule has 1 aliphatic heterocycles. The monoisotopic (exact) mass is 250 g/mol. The van der Waals surface area contributed by atoms with E-state index >= 15 is 0 Å². The van der Waals surface area contributed by atoms with Crippen LogP contribution in [0, 0.1) is 0 Å². The van der Waals surface area contributed by atoms with Crippen molar-refractivity contribution in [3.05, 3.63) is 0 Å². The van der Waals surface area contributed by atoms with Gasteiger partial charge in [0.05, 0.1) is 0 Å². The summed E-state index contributed by atoms with van der Waals surface area (Å²) in [4.78, 5) is 12.6. The van der Waals surface area contributed by atoms with E-state index in [1.165, 1.54) is 4.31 Å². The molecule has 0 amide bonds. The van der Waals surface area contributed by atoms with E-state index < -0.39 is 21.7 Å². The number of rotatable bonds is 3. The molecule has 1 fully saturated rings. The van der Waals surface area contributed by atoms with Gasteiger partial charge in [-0.1, -0.05) is 0 Å². The Morgan fingerprint density at radius 1 is 1.31 bits per heavy atom. The fourth-order valence-corrected chi connectivity index (χ4v) is 3.21. The highest BCUT2D eigenvalue weighted by Gasteiger charge is 2.34. The summed E-state index contributed by atoms with van der Waals surface area (Å²) < 4.78 is 24.7. The van der Waals surface area contributed by atoms with Gasteiger partial charge in [-0.15, -0.1) is 0 Å². The highest BCUT2D eigenvalue weighted by atomic mass is 32.2. The first-order valence-electron chi connectivity index (χ1n) is 5.15. The smallest absolute Gasteiger partial charge is 0.320 e. The molecule has 0 saturated carbocycles. The Hall–Kier alpha value is -0.660. The summed E-state index contributed by atoms with van der Waals surface area (Å²) in [5.74, 6) is -2.13. The Labute approximate surface area is 95.9 Å². The summed E-state index contributed by atoms with van der Waals surface area (Å²) in [5.41, 5.74) is 0. The largest absolute Gasteiger partial charge is 0.480 e. The molecule has 2 unspecified atom stereocenters. The lowest BCUT2D eigenvalue weighted by Gasteiger charge is -2.41. The van der Waals surface area contributed by atoms with Crippen LogP contribution in [0.2, 0.25) is 0 Å². The standard InChI is InChI=1S/C9H18N2O4S/c1-7-4-11(5-8(2)10(7)3)16(14,15)6-9(12)13/h7-8H,4-6H2,1-3H3,(H,12,13). The average Bonchev–Trinajstić information content (AvgIpc) is 2.11. The van der Waals surface area contributed by atoms with Crippen molar-refractivity contribution in [2.45, 2.75) is 25.9 Å². The highest BCUT2D eigenvalue weighted by Crippen LogP contribution is 2.16. The number of hydrogen-bond acceptors (Lipinski definition) is 4. The molecule has 0 spiro atoms. The Bertz CT molecular complexity index is 356. The van der Waals surface area contributed by atoms with Gasteiger partial charge in [-0.3, -0.25) is 9.69 Å². The quantitative estimate of drug-likeness (QED) is 0.725. The van der Waals surface area contributed by atoms with Crippen LogP contribution in [0.1, 0.15) is 13.8 Å². The van der Waals surface area contributed by atoms with Crippen molar-refractivity contribution >= 4 is 16.0 Å². The van der Waals surface area contributed by atoms with Gasteiger partial charge in [-0.25, -0.2) is 8.42 Å². The van der Waals surface area contributed by atoms with Crippen molar-refractivity contribution in [1.29, 1.82) is 0 Å². The zero-order valence-corrected chi connectivity index (χ0v) is 10.6. The number of nitrogens with zero attached hydrogens (tertiary/aromatic N) is 2. The summed E-state index contributed by atoms with van der Waals surface area (Å²) in [6.07, 6.45) is 0. The predicted octanol–water partition coefficient (Wildman–Crippen LogP) is -0.575. The van der Waals surface area contributed by atoms with Gasteiger partial charge in [0.2, 0.25) is 10.0 Å². The number of carbonyl (C=O) groups is 1. The number of carboxylic acids is 1. The summed E-state index contributed by atoms with van der Waals surface area (Å²) in [6.45, 7) is 4.57. The van der Waals surface area contributed by atoms with Gasteiger partial charge >= 0.3 is 5.97 Å². The zero-order chi connectivity index (χ0) is 12.5.